The SMILES string of the molecule is CO[P+](=O)Oc1c(C)cccc1C. The fraction of sp³-hybridized carbons (Fsp3) is 0.333. The smallest absolute Gasteiger partial charge is 0.229 e. The summed E-state index contributed by atoms with van der Waals surface area (Å²) in [6.07, 6.45) is 0. The van der Waals surface area contributed by atoms with Crippen LogP contribution in [0.4, 0.5) is 0 Å². The van der Waals surface area contributed by atoms with Crippen molar-refractivity contribution in [3.63, 3.8) is 0 Å². The van der Waals surface area contributed by atoms with E-state index in [2.05, 4.69) is 4.52 Å². The first-order valence-electron chi connectivity index (χ1n) is 3.90. The largest absolute Gasteiger partial charge is 0.749 e. The van der Waals surface area contributed by atoms with Crippen LogP contribution in [0.2, 0.25) is 0 Å². The minimum atomic E-state index is -2.04. The van der Waals surface area contributed by atoms with Gasteiger partial charge < -0.3 is 0 Å². The van der Waals surface area contributed by atoms with E-state index in [1.165, 1.54) is 7.11 Å². The van der Waals surface area contributed by atoms with Gasteiger partial charge in [0.2, 0.25) is 0 Å². The van der Waals surface area contributed by atoms with E-state index in [9.17, 15) is 4.57 Å². The van der Waals surface area contributed by atoms with Crippen molar-refractivity contribution in [2.45, 2.75) is 13.8 Å². The number of aryl methyl sites for hydroxylation is 2. The van der Waals surface area contributed by atoms with Crippen molar-refractivity contribution < 1.29 is 13.6 Å². The highest BCUT2D eigenvalue weighted by molar-refractivity contribution is 7.33. The Balaban J connectivity index is 2.93. The quantitative estimate of drug-likeness (QED) is 0.702. The second kappa shape index (κ2) is 4.35. The molecule has 0 spiro atoms. The summed E-state index contributed by atoms with van der Waals surface area (Å²) in [6.45, 7) is 3.81. The Labute approximate surface area is 78.6 Å². The molecule has 0 aliphatic rings. The van der Waals surface area contributed by atoms with Crippen LogP contribution in [0.1, 0.15) is 11.1 Å². The van der Waals surface area contributed by atoms with Crippen LogP contribution in [0.25, 0.3) is 0 Å². The van der Waals surface area contributed by atoms with Gasteiger partial charge >= 0.3 is 8.25 Å². The van der Waals surface area contributed by atoms with Crippen LogP contribution in [-0.4, -0.2) is 7.11 Å². The van der Waals surface area contributed by atoms with Gasteiger partial charge in [-0.25, -0.2) is 4.52 Å². The van der Waals surface area contributed by atoms with E-state index < -0.39 is 8.25 Å². The third-order valence-electron chi connectivity index (χ3n) is 1.72. The molecule has 0 amide bonds. The Morgan fingerprint density at radius 3 is 2.23 bits per heavy atom. The van der Waals surface area contributed by atoms with Crippen LogP contribution in [-0.2, 0) is 9.09 Å². The monoisotopic (exact) mass is 199 g/mol. The summed E-state index contributed by atoms with van der Waals surface area (Å²) in [5, 5.41) is 0. The van der Waals surface area contributed by atoms with E-state index >= 15 is 0 Å². The summed E-state index contributed by atoms with van der Waals surface area (Å²) in [7, 11) is -0.684. The first kappa shape index (κ1) is 10.2. The molecular weight excluding hydrogens is 187 g/mol. The van der Waals surface area contributed by atoms with Crippen LogP contribution >= 0.6 is 8.25 Å². The molecule has 1 unspecified atom stereocenters. The molecule has 0 radical (unpaired) electrons. The first-order valence-corrected chi connectivity index (χ1v) is 5.00. The summed E-state index contributed by atoms with van der Waals surface area (Å²) >= 11 is 0. The molecule has 13 heavy (non-hydrogen) atoms. The molecule has 0 fully saturated rings. The number of benzene rings is 1. The Hall–Kier alpha value is -0.920. The Morgan fingerprint density at radius 2 is 1.77 bits per heavy atom. The Kier molecular flexibility index (Phi) is 3.40. The van der Waals surface area contributed by atoms with Crippen molar-refractivity contribution in [3.05, 3.63) is 29.3 Å². The highest BCUT2D eigenvalue weighted by Gasteiger charge is 2.21. The van der Waals surface area contributed by atoms with Crippen molar-refractivity contribution in [2.75, 3.05) is 7.11 Å². The molecule has 0 aliphatic heterocycles. The molecule has 1 aromatic rings. The zero-order valence-corrected chi connectivity index (χ0v) is 8.80. The van der Waals surface area contributed by atoms with Crippen molar-refractivity contribution in [1.82, 2.24) is 0 Å². The van der Waals surface area contributed by atoms with Gasteiger partial charge in [0.1, 0.15) is 0 Å². The minimum Gasteiger partial charge on any atom is -0.229 e. The standard InChI is InChI=1S/C9H12O3P/c1-7-5-4-6-8(2)9(7)12-13(10)11-3/h4-6H,1-3H3/q+1. The van der Waals surface area contributed by atoms with E-state index in [0.717, 1.165) is 11.1 Å². The summed E-state index contributed by atoms with van der Waals surface area (Å²) < 4.78 is 20.7. The molecule has 0 aromatic heterocycles. The van der Waals surface area contributed by atoms with Gasteiger partial charge in [0, 0.05) is 4.57 Å². The summed E-state index contributed by atoms with van der Waals surface area (Å²) in [5.41, 5.74) is 1.92. The van der Waals surface area contributed by atoms with Crippen molar-refractivity contribution in [1.29, 1.82) is 0 Å². The van der Waals surface area contributed by atoms with E-state index in [1.54, 1.807) is 0 Å². The third-order valence-corrected chi connectivity index (χ3v) is 2.35. The molecule has 3 nitrogen and oxygen atoms in total. The molecule has 1 atom stereocenters. The summed E-state index contributed by atoms with van der Waals surface area (Å²) in [5.74, 6) is 0.644. The molecule has 0 heterocycles. The predicted molar refractivity (Wildman–Crippen MR) is 51.2 cm³/mol. The maximum absolute atomic E-state index is 11.0. The van der Waals surface area contributed by atoms with Crippen LogP contribution in [0.3, 0.4) is 0 Å². The molecule has 1 rings (SSSR count). The lowest BCUT2D eigenvalue weighted by Crippen LogP contribution is -1.89. The average Bonchev–Trinajstić information content (AvgIpc) is 2.11. The van der Waals surface area contributed by atoms with Gasteiger partial charge in [-0.05, 0) is 25.0 Å². The topological polar surface area (TPSA) is 35.5 Å². The highest BCUT2D eigenvalue weighted by Crippen LogP contribution is 2.32. The van der Waals surface area contributed by atoms with Crippen LogP contribution in [0.5, 0.6) is 5.75 Å². The molecule has 4 heteroatoms. The zero-order chi connectivity index (χ0) is 9.84. The van der Waals surface area contributed by atoms with Gasteiger partial charge in [-0.2, -0.15) is 0 Å². The molecule has 0 N–H and O–H groups in total. The minimum absolute atomic E-state index is 0.644. The number of hydrogen-bond acceptors (Lipinski definition) is 3. The van der Waals surface area contributed by atoms with Crippen LogP contribution < -0.4 is 4.52 Å². The van der Waals surface area contributed by atoms with E-state index in [0.29, 0.717) is 5.75 Å². The molecule has 1 aromatic carbocycles. The van der Waals surface area contributed by atoms with Crippen molar-refractivity contribution >= 4 is 8.25 Å². The second-order valence-electron chi connectivity index (χ2n) is 2.72. The van der Waals surface area contributed by atoms with Gasteiger partial charge in [0.25, 0.3) is 0 Å². The van der Waals surface area contributed by atoms with E-state index in [-0.39, 0.29) is 0 Å². The van der Waals surface area contributed by atoms with Crippen molar-refractivity contribution in [2.24, 2.45) is 0 Å². The molecule has 0 aliphatic carbocycles. The predicted octanol–water partition coefficient (Wildman–Crippen LogP) is 2.99. The Bertz CT molecular complexity index is 302. The average molecular weight is 199 g/mol. The number of para-hydroxylation sites is 1. The van der Waals surface area contributed by atoms with Gasteiger partial charge in [-0.3, -0.25) is 0 Å². The van der Waals surface area contributed by atoms with E-state index in [1.807, 2.05) is 32.0 Å². The lowest BCUT2D eigenvalue weighted by atomic mass is 10.1. The molecule has 70 valence electrons. The van der Waals surface area contributed by atoms with Gasteiger partial charge in [0.15, 0.2) is 5.75 Å². The number of hydrogen-bond donors (Lipinski definition) is 0. The first-order chi connectivity index (χ1) is 6.15. The van der Waals surface area contributed by atoms with Gasteiger partial charge in [-0.15, -0.1) is 4.52 Å². The molecular formula is C9H12O3P+. The van der Waals surface area contributed by atoms with Gasteiger partial charge in [-0.1, -0.05) is 18.2 Å². The maximum Gasteiger partial charge on any atom is 0.749 e. The molecule has 0 saturated carbocycles. The highest BCUT2D eigenvalue weighted by atomic mass is 31.1. The van der Waals surface area contributed by atoms with Crippen LogP contribution in [0, 0.1) is 13.8 Å². The molecule has 0 bridgehead atoms. The summed E-state index contributed by atoms with van der Waals surface area (Å²) in [4.78, 5) is 0. The normalized spacial score (nSPS) is 11.2. The van der Waals surface area contributed by atoms with E-state index in [4.69, 9.17) is 4.52 Å². The zero-order valence-electron chi connectivity index (χ0n) is 7.90. The van der Waals surface area contributed by atoms with Crippen molar-refractivity contribution in [3.8, 4) is 5.75 Å². The Morgan fingerprint density at radius 1 is 1.23 bits per heavy atom. The lowest BCUT2D eigenvalue weighted by Gasteiger charge is -2.00. The fourth-order valence-electron chi connectivity index (χ4n) is 1.05. The molecule has 0 saturated heterocycles. The number of rotatable bonds is 3. The fourth-order valence-corrected chi connectivity index (χ4v) is 1.57. The van der Waals surface area contributed by atoms with Gasteiger partial charge in [0.05, 0.1) is 7.11 Å². The second-order valence-corrected chi connectivity index (χ2v) is 3.71. The lowest BCUT2D eigenvalue weighted by molar-refractivity contribution is 0.347. The summed E-state index contributed by atoms with van der Waals surface area (Å²) in [6, 6.07) is 5.74. The van der Waals surface area contributed by atoms with Crippen LogP contribution in [0.15, 0.2) is 18.2 Å². The third kappa shape index (κ3) is 2.51. The maximum atomic E-state index is 11.0.